The van der Waals surface area contributed by atoms with Crippen LogP contribution in [0.2, 0.25) is 0 Å². The van der Waals surface area contributed by atoms with Crippen LogP contribution >= 0.6 is 15.9 Å². The lowest BCUT2D eigenvalue weighted by Gasteiger charge is -2.34. The largest absolute Gasteiger partial charge is 0.481 e. The number of nitrogens with zero attached hydrogens (tertiary/aromatic N) is 2. The predicted molar refractivity (Wildman–Crippen MR) is 99.1 cm³/mol. The number of pyridine rings is 1. The second kappa shape index (κ2) is 8.36. The molecule has 1 aromatic heterocycles. The monoisotopic (exact) mass is 414 g/mol. The Morgan fingerprint density at radius 2 is 2.04 bits per heavy atom. The number of likely N-dealkylation sites (tertiary alicyclic amines) is 1. The van der Waals surface area contributed by atoms with Gasteiger partial charge in [0.25, 0.3) is 0 Å². The summed E-state index contributed by atoms with van der Waals surface area (Å²) in [5.41, 5.74) is 1.35. The summed E-state index contributed by atoms with van der Waals surface area (Å²) in [6, 6.07) is 2.03. The molecule has 7 heteroatoms. The van der Waals surface area contributed by atoms with Crippen LogP contribution in [0.4, 0.5) is 4.79 Å². The Kier molecular flexibility index (Phi) is 6.68. The number of aliphatic hydroxyl groups is 1. The average Bonchev–Trinajstić information content (AvgIpc) is 2.55. The van der Waals surface area contributed by atoms with Gasteiger partial charge in [-0.1, -0.05) is 0 Å². The van der Waals surface area contributed by atoms with Crippen LogP contribution < -0.4 is 4.74 Å². The molecule has 0 spiro atoms. The van der Waals surface area contributed by atoms with Crippen LogP contribution in [0.5, 0.6) is 5.88 Å². The fourth-order valence-electron chi connectivity index (χ4n) is 2.96. The minimum absolute atomic E-state index is 0.0440. The number of rotatable bonds is 4. The first-order valence-corrected chi connectivity index (χ1v) is 9.36. The van der Waals surface area contributed by atoms with E-state index < -0.39 is 5.60 Å². The smallest absolute Gasteiger partial charge is 0.410 e. The number of ether oxygens (including phenoxy) is 2. The van der Waals surface area contributed by atoms with Crippen molar-refractivity contribution in [3.8, 4) is 5.88 Å². The topological polar surface area (TPSA) is 71.9 Å². The molecule has 0 aromatic carbocycles. The van der Waals surface area contributed by atoms with Gasteiger partial charge in [-0.2, -0.15) is 0 Å². The number of carbonyl (C=O) groups is 1. The van der Waals surface area contributed by atoms with Crippen molar-refractivity contribution in [2.24, 2.45) is 0 Å². The highest BCUT2D eigenvalue weighted by atomic mass is 79.9. The molecule has 2 rings (SSSR count). The molecule has 0 radical (unpaired) electrons. The van der Waals surface area contributed by atoms with Crippen LogP contribution in [-0.4, -0.2) is 53.5 Å². The van der Waals surface area contributed by atoms with E-state index in [1.165, 1.54) is 0 Å². The maximum Gasteiger partial charge on any atom is 0.410 e. The first kappa shape index (κ1) is 20.0. The SMILES string of the molecule is COc1nc(CCO)c(Br)cc1C1CCN(C(=O)OC(C)(C)C)CC1. The van der Waals surface area contributed by atoms with Gasteiger partial charge in [0, 0.05) is 36.2 Å². The Labute approximate surface area is 157 Å². The van der Waals surface area contributed by atoms with E-state index >= 15 is 0 Å². The van der Waals surface area contributed by atoms with Crippen molar-refractivity contribution in [2.75, 3.05) is 26.8 Å². The summed E-state index contributed by atoms with van der Waals surface area (Å²) in [6.07, 6.45) is 1.90. The summed E-state index contributed by atoms with van der Waals surface area (Å²) in [4.78, 5) is 18.5. The van der Waals surface area contributed by atoms with E-state index in [4.69, 9.17) is 14.6 Å². The third-order valence-corrected chi connectivity index (χ3v) is 4.86. The average molecular weight is 415 g/mol. The molecular weight excluding hydrogens is 388 g/mol. The highest BCUT2D eigenvalue weighted by Gasteiger charge is 2.29. The van der Waals surface area contributed by atoms with Gasteiger partial charge < -0.3 is 19.5 Å². The van der Waals surface area contributed by atoms with Gasteiger partial charge in [0.15, 0.2) is 0 Å². The lowest BCUT2D eigenvalue weighted by molar-refractivity contribution is 0.0204. The number of hydrogen-bond acceptors (Lipinski definition) is 5. The van der Waals surface area contributed by atoms with Crippen molar-refractivity contribution in [3.63, 3.8) is 0 Å². The van der Waals surface area contributed by atoms with E-state index in [2.05, 4.69) is 20.9 Å². The summed E-state index contributed by atoms with van der Waals surface area (Å²) >= 11 is 3.53. The maximum absolute atomic E-state index is 12.2. The molecule has 0 bridgehead atoms. The molecule has 25 heavy (non-hydrogen) atoms. The van der Waals surface area contributed by atoms with Crippen LogP contribution in [0, 0.1) is 0 Å². The van der Waals surface area contributed by atoms with Crippen LogP contribution in [0.25, 0.3) is 0 Å². The van der Waals surface area contributed by atoms with Gasteiger partial charge in [-0.25, -0.2) is 9.78 Å². The van der Waals surface area contributed by atoms with Gasteiger partial charge in [-0.15, -0.1) is 0 Å². The zero-order valence-corrected chi connectivity index (χ0v) is 16.9. The molecule has 0 unspecified atom stereocenters. The van der Waals surface area contributed by atoms with E-state index in [0.717, 1.165) is 28.6 Å². The van der Waals surface area contributed by atoms with Crippen LogP contribution in [-0.2, 0) is 11.2 Å². The van der Waals surface area contributed by atoms with Crippen LogP contribution in [0.3, 0.4) is 0 Å². The molecule has 1 fully saturated rings. The minimum Gasteiger partial charge on any atom is -0.481 e. The first-order chi connectivity index (χ1) is 11.7. The molecule has 0 aliphatic carbocycles. The summed E-state index contributed by atoms with van der Waals surface area (Å²) in [5.74, 6) is 0.878. The Balaban J connectivity index is 2.07. The normalized spacial score (nSPS) is 16.0. The number of halogens is 1. The fourth-order valence-corrected chi connectivity index (χ4v) is 3.49. The van der Waals surface area contributed by atoms with Crippen molar-refractivity contribution in [3.05, 3.63) is 21.8 Å². The predicted octanol–water partition coefficient (Wildman–Crippen LogP) is 3.50. The molecule has 1 saturated heterocycles. The molecule has 0 saturated carbocycles. The standard InChI is InChI=1S/C18H27BrN2O4/c1-18(2,3)25-17(23)21-8-5-12(6-9-21)13-11-14(19)15(7-10-22)20-16(13)24-4/h11-12,22H,5-10H2,1-4H3. The Morgan fingerprint density at radius 1 is 1.40 bits per heavy atom. The molecule has 6 nitrogen and oxygen atoms in total. The number of amides is 1. The molecule has 1 aromatic rings. The lowest BCUT2D eigenvalue weighted by atomic mass is 9.90. The Morgan fingerprint density at radius 3 is 2.56 bits per heavy atom. The van der Waals surface area contributed by atoms with Gasteiger partial charge in [0.05, 0.1) is 12.8 Å². The van der Waals surface area contributed by atoms with Gasteiger partial charge >= 0.3 is 6.09 Å². The zero-order chi connectivity index (χ0) is 18.6. The Hall–Kier alpha value is -1.34. The Bertz CT molecular complexity index is 608. The number of carbonyl (C=O) groups excluding carboxylic acids is 1. The number of piperidine rings is 1. The molecule has 1 aliphatic rings. The van der Waals surface area contributed by atoms with Crippen molar-refractivity contribution >= 4 is 22.0 Å². The summed E-state index contributed by atoms with van der Waals surface area (Å²) in [7, 11) is 1.61. The summed E-state index contributed by atoms with van der Waals surface area (Å²) < 4.78 is 11.8. The summed E-state index contributed by atoms with van der Waals surface area (Å²) in [5, 5.41) is 9.14. The maximum atomic E-state index is 12.2. The number of aromatic nitrogens is 1. The van der Waals surface area contributed by atoms with Gasteiger partial charge in [-0.05, 0) is 61.5 Å². The van der Waals surface area contributed by atoms with E-state index in [0.29, 0.717) is 25.4 Å². The molecule has 1 amide bonds. The van der Waals surface area contributed by atoms with E-state index in [-0.39, 0.29) is 18.6 Å². The molecule has 2 heterocycles. The quantitative estimate of drug-likeness (QED) is 0.815. The zero-order valence-electron chi connectivity index (χ0n) is 15.3. The highest BCUT2D eigenvalue weighted by molar-refractivity contribution is 9.10. The van der Waals surface area contributed by atoms with E-state index in [9.17, 15) is 4.79 Å². The summed E-state index contributed by atoms with van der Waals surface area (Å²) in [6.45, 7) is 6.97. The molecule has 1 N–H and O–H groups in total. The second-order valence-corrected chi connectivity index (χ2v) is 8.08. The molecule has 0 atom stereocenters. The van der Waals surface area contributed by atoms with Gasteiger partial charge in [0.1, 0.15) is 5.60 Å². The fraction of sp³-hybridized carbons (Fsp3) is 0.667. The number of methoxy groups -OCH3 is 1. The first-order valence-electron chi connectivity index (χ1n) is 8.57. The second-order valence-electron chi connectivity index (χ2n) is 7.23. The molecule has 1 aliphatic heterocycles. The number of hydrogen-bond donors (Lipinski definition) is 1. The van der Waals surface area contributed by atoms with Gasteiger partial charge in [0.2, 0.25) is 5.88 Å². The van der Waals surface area contributed by atoms with Crippen LogP contribution in [0.1, 0.15) is 50.8 Å². The van der Waals surface area contributed by atoms with Crippen LogP contribution in [0.15, 0.2) is 10.5 Å². The van der Waals surface area contributed by atoms with Crippen molar-refractivity contribution in [1.29, 1.82) is 0 Å². The third kappa shape index (κ3) is 5.31. The van der Waals surface area contributed by atoms with Gasteiger partial charge in [-0.3, -0.25) is 0 Å². The van der Waals surface area contributed by atoms with E-state index in [1.54, 1.807) is 12.0 Å². The van der Waals surface area contributed by atoms with Crippen molar-refractivity contribution in [2.45, 2.75) is 51.6 Å². The molecule has 140 valence electrons. The third-order valence-electron chi connectivity index (χ3n) is 4.17. The minimum atomic E-state index is -0.478. The number of aliphatic hydroxyl groups excluding tert-OH is 1. The lowest BCUT2D eigenvalue weighted by Crippen LogP contribution is -2.41. The van der Waals surface area contributed by atoms with Crippen molar-refractivity contribution < 1.29 is 19.4 Å². The van der Waals surface area contributed by atoms with Crippen molar-refractivity contribution in [1.82, 2.24) is 9.88 Å². The molecular formula is C18H27BrN2O4. The highest BCUT2D eigenvalue weighted by Crippen LogP contribution is 2.36. The van der Waals surface area contributed by atoms with E-state index in [1.807, 2.05) is 26.8 Å².